The highest BCUT2D eigenvalue weighted by Gasteiger charge is 2.37. The van der Waals surface area contributed by atoms with E-state index in [0.29, 0.717) is 50.2 Å². The number of likely N-dealkylation sites (tertiary alicyclic amines) is 1. The Morgan fingerprint density at radius 1 is 0.816 bits per heavy atom. The lowest BCUT2D eigenvalue weighted by molar-refractivity contribution is -0.253. The normalized spacial score (nSPS) is 20.9. The molecule has 3 aromatic carbocycles. The van der Waals surface area contributed by atoms with E-state index in [1.165, 1.54) is 0 Å². The van der Waals surface area contributed by atoms with Gasteiger partial charge in [0.25, 0.3) is 0 Å². The van der Waals surface area contributed by atoms with Crippen molar-refractivity contribution in [3.8, 4) is 0 Å². The smallest absolute Gasteiger partial charge is 0.243 e. The Kier molecular flexibility index (Phi) is 13.6. The summed E-state index contributed by atoms with van der Waals surface area (Å²) < 4.78 is 13.1. The minimum Gasteiger partial charge on any atom is -0.392 e. The van der Waals surface area contributed by atoms with Gasteiger partial charge in [-0.3, -0.25) is 14.8 Å². The van der Waals surface area contributed by atoms with Gasteiger partial charge in [0.2, 0.25) is 11.8 Å². The largest absolute Gasteiger partial charge is 0.392 e. The molecule has 3 aromatic rings. The van der Waals surface area contributed by atoms with Crippen molar-refractivity contribution in [2.45, 2.75) is 95.0 Å². The highest BCUT2D eigenvalue weighted by Crippen LogP contribution is 2.39. The first-order valence-electron chi connectivity index (χ1n) is 17.2. The summed E-state index contributed by atoms with van der Waals surface area (Å²) in [5.74, 6) is -0.403. The summed E-state index contributed by atoms with van der Waals surface area (Å²) in [5, 5.41) is 33.1. The third-order valence-electron chi connectivity index (χ3n) is 9.57. The molecule has 2 aliphatic rings. The first-order chi connectivity index (χ1) is 23.7. The summed E-state index contributed by atoms with van der Waals surface area (Å²) in [7, 11) is 0. The van der Waals surface area contributed by atoms with Crippen LogP contribution in [0.2, 0.25) is 5.02 Å². The summed E-state index contributed by atoms with van der Waals surface area (Å²) in [6.45, 7) is 2.60. The van der Waals surface area contributed by atoms with Crippen LogP contribution in [0.5, 0.6) is 0 Å². The number of amides is 2. The van der Waals surface area contributed by atoms with Gasteiger partial charge in [-0.15, -0.1) is 0 Å². The number of piperidine rings is 1. The quantitative estimate of drug-likeness (QED) is 0.0762. The van der Waals surface area contributed by atoms with Crippen molar-refractivity contribution in [3.05, 3.63) is 106 Å². The van der Waals surface area contributed by atoms with Crippen LogP contribution in [0.15, 0.2) is 72.8 Å². The number of unbranched alkanes of at least 4 members (excludes halogenated alkanes) is 3. The molecule has 0 saturated carbocycles. The number of carbonyl (C=O) groups is 2. The van der Waals surface area contributed by atoms with Crippen LogP contribution in [0.1, 0.15) is 98.0 Å². The standard InChI is InChI=1S/C38H48ClN3O7/c39-32-17-15-31(16-18-32)38(46)19-21-42(22-20-38)25-33-23-34(29-11-9-28(26-43)10-12-29)49-37(48-33)30-13-7-27(8-14-30)24-40-35(44)5-3-1-2-4-6-36(45)41-47/h7-18,33-34,37,43,46-47H,1-6,19-26H2,(H,40,44)(H,41,45)/t33-,34+,37+/m0/s1. The first kappa shape index (κ1) is 36.9. The fourth-order valence-corrected chi connectivity index (χ4v) is 6.66. The molecule has 2 fully saturated rings. The van der Waals surface area contributed by atoms with Crippen LogP contribution in [0.4, 0.5) is 0 Å². The molecular formula is C38H48ClN3O7. The van der Waals surface area contributed by atoms with Crippen LogP contribution >= 0.6 is 11.6 Å². The number of hydrogen-bond acceptors (Lipinski definition) is 8. The Balaban J connectivity index is 1.15. The topological polar surface area (TPSA) is 141 Å². The number of aliphatic hydroxyl groups is 2. The van der Waals surface area contributed by atoms with Crippen LogP contribution in [-0.2, 0) is 37.8 Å². The molecule has 3 atom stereocenters. The molecular weight excluding hydrogens is 646 g/mol. The van der Waals surface area contributed by atoms with Crippen molar-refractivity contribution in [3.63, 3.8) is 0 Å². The number of halogens is 1. The number of hydrogen-bond donors (Lipinski definition) is 5. The number of ether oxygens (including phenoxy) is 2. The summed E-state index contributed by atoms with van der Waals surface area (Å²) >= 11 is 6.07. The molecule has 49 heavy (non-hydrogen) atoms. The fraction of sp³-hybridized carbons (Fsp3) is 0.474. The number of carbonyl (C=O) groups excluding carboxylic acids is 2. The Hall–Kier alpha value is -3.35. The van der Waals surface area contributed by atoms with Crippen LogP contribution in [0.25, 0.3) is 0 Å². The molecule has 10 nitrogen and oxygen atoms in total. The van der Waals surface area contributed by atoms with Gasteiger partial charge >= 0.3 is 0 Å². The molecule has 0 aliphatic carbocycles. The van der Waals surface area contributed by atoms with Crippen molar-refractivity contribution in [2.75, 3.05) is 19.6 Å². The Labute approximate surface area is 293 Å². The highest BCUT2D eigenvalue weighted by atomic mass is 35.5. The first-order valence-corrected chi connectivity index (χ1v) is 17.6. The summed E-state index contributed by atoms with van der Waals surface area (Å²) in [5.41, 5.74) is 5.39. The molecule has 11 heteroatoms. The van der Waals surface area contributed by atoms with Crippen LogP contribution in [0.3, 0.4) is 0 Å². The lowest BCUT2D eigenvalue weighted by atomic mass is 9.84. The molecule has 5 N–H and O–H groups in total. The van der Waals surface area contributed by atoms with Gasteiger partial charge in [-0.1, -0.05) is 85.1 Å². The van der Waals surface area contributed by atoms with Gasteiger partial charge in [0.05, 0.1) is 24.4 Å². The number of nitrogens with one attached hydrogen (secondary N) is 2. The second-order valence-corrected chi connectivity index (χ2v) is 13.6. The minimum absolute atomic E-state index is 0.0154. The predicted molar refractivity (Wildman–Crippen MR) is 185 cm³/mol. The molecule has 2 amide bonds. The Morgan fingerprint density at radius 3 is 2.06 bits per heavy atom. The SMILES string of the molecule is O=C(CCCCCCC(=O)NCc1ccc([C@@H]2O[C@H](CN3CCC(O)(c4ccc(Cl)cc4)CC3)C[C@H](c3ccc(CO)cc3)O2)cc1)NO. The van der Waals surface area contributed by atoms with Crippen molar-refractivity contribution in [2.24, 2.45) is 0 Å². The van der Waals surface area contributed by atoms with Crippen LogP contribution in [0, 0.1) is 0 Å². The summed E-state index contributed by atoms with van der Waals surface area (Å²) in [4.78, 5) is 25.8. The zero-order valence-electron chi connectivity index (χ0n) is 27.9. The maximum Gasteiger partial charge on any atom is 0.243 e. The van der Waals surface area contributed by atoms with Gasteiger partial charge in [0.1, 0.15) is 0 Å². The molecule has 2 saturated heterocycles. The van der Waals surface area contributed by atoms with Gasteiger partial charge in [-0.2, -0.15) is 0 Å². The Morgan fingerprint density at radius 2 is 1.43 bits per heavy atom. The van der Waals surface area contributed by atoms with Crippen molar-refractivity contribution in [1.29, 1.82) is 0 Å². The van der Waals surface area contributed by atoms with Crippen molar-refractivity contribution >= 4 is 23.4 Å². The number of benzene rings is 3. The maximum atomic E-state index is 12.4. The van der Waals surface area contributed by atoms with E-state index < -0.39 is 11.9 Å². The van der Waals surface area contributed by atoms with E-state index in [4.69, 9.17) is 26.3 Å². The minimum atomic E-state index is -0.875. The zero-order chi connectivity index (χ0) is 34.6. The summed E-state index contributed by atoms with van der Waals surface area (Å²) in [6, 6.07) is 23.2. The molecule has 0 bridgehead atoms. The molecule has 264 valence electrons. The average molecular weight is 694 g/mol. The third-order valence-corrected chi connectivity index (χ3v) is 9.82. The van der Waals surface area contributed by atoms with Gasteiger partial charge < -0.3 is 29.9 Å². The highest BCUT2D eigenvalue weighted by molar-refractivity contribution is 6.30. The predicted octanol–water partition coefficient (Wildman–Crippen LogP) is 5.82. The van der Waals surface area contributed by atoms with E-state index in [9.17, 15) is 19.8 Å². The maximum absolute atomic E-state index is 12.4. The Bertz CT molecular complexity index is 1480. The van der Waals surface area contributed by atoms with Gasteiger partial charge in [0, 0.05) is 56.0 Å². The van der Waals surface area contributed by atoms with Crippen molar-refractivity contribution < 1.29 is 34.5 Å². The number of nitrogens with zero attached hydrogens (tertiary/aromatic N) is 1. The lowest BCUT2D eigenvalue weighted by Crippen LogP contribution is -2.46. The average Bonchev–Trinajstić information content (AvgIpc) is 3.13. The monoisotopic (exact) mass is 693 g/mol. The molecule has 2 aliphatic heterocycles. The lowest BCUT2D eigenvalue weighted by Gasteiger charge is -2.42. The van der Waals surface area contributed by atoms with E-state index in [1.807, 2.05) is 72.8 Å². The second-order valence-electron chi connectivity index (χ2n) is 13.2. The molecule has 2 heterocycles. The van der Waals surface area contributed by atoms with E-state index in [-0.39, 0.29) is 37.0 Å². The van der Waals surface area contributed by atoms with Crippen LogP contribution in [-0.4, -0.2) is 57.9 Å². The molecule has 0 aromatic heterocycles. The molecule has 0 unspecified atom stereocenters. The van der Waals surface area contributed by atoms with Gasteiger partial charge in [0.15, 0.2) is 6.29 Å². The van der Waals surface area contributed by atoms with Gasteiger partial charge in [-0.05, 0) is 60.1 Å². The molecule has 0 radical (unpaired) electrons. The van der Waals surface area contributed by atoms with Crippen LogP contribution < -0.4 is 10.8 Å². The van der Waals surface area contributed by atoms with E-state index in [2.05, 4.69) is 10.2 Å². The number of aliphatic hydroxyl groups excluding tert-OH is 1. The van der Waals surface area contributed by atoms with Crippen molar-refractivity contribution in [1.82, 2.24) is 15.7 Å². The van der Waals surface area contributed by atoms with E-state index in [0.717, 1.165) is 60.2 Å². The van der Waals surface area contributed by atoms with E-state index >= 15 is 0 Å². The molecule has 0 spiro atoms. The summed E-state index contributed by atoms with van der Waals surface area (Å²) in [6.07, 6.45) is 4.85. The van der Waals surface area contributed by atoms with E-state index in [1.54, 1.807) is 5.48 Å². The van der Waals surface area contributed by atoms with Gasteiger partial charge in [-0.25, -0.2) is 5.48 Å². The second kappa shape index (κ2) is 18.1. The fourth-order valence-electron chi connectivity index (χ4n) is 6.54. The number of hydroxylamine groups is 1. The zero-order valence-corrected chi connectivity index (χ0v) is 28.6. The number of rotatable bonds is 15. The molecule has 5 rings (SSSR count). The third kappa shape index (κ3) is 10.8.